The molecule has 3 nitrogen and oxygen atoms in total. The second-order valence-corrected chi connectivity index (χ2v) is 6.45. The van der Waals surface area contributed by atoms with Crippen LogP contribution in [0.25, 0.3) is 32.9 Å². The Morgan fingerprint density at radius 2 is 1.96 bits per heavy atom. The van der Waals surface area contributed by atoms with Crippen LogP contribution in [0, 0.1) is 0 Å². The number of fused-ring (bicyclic) bond motifs is 2. The molecule has 1 fully saturated rings. The van der Waals surface area contributed by atoms with E-state index in [-0.39, 0.29) is 0 Å². The van der Waals surface area contributed by atoms with Gasteiger partial charge in [0, 0.05) is 35.9 Å². The average Bonchev–Trinajstić information content (AvgIpc) is 3.32. The van der Waals surface area contributed by atoms with Crippen LogP contribution in [0.2, 0.25) is 0 Å². The Balaban J connectivity index is 1.68. The third-order valence-corrected chi connectivity index (χ3v) is 5.02. The molecule has 1 unspecified atom stereocenters. The second-order valence-electron chi connectivity index (χ2n) is 6.45. The number of rotatable bonds is 2. The van der Waals surface area contributed by atoms with E-state index in [2.05, 4.69) is 53.5 Å². The lowest BCUT2D eigenvalue weighted by Crippen LogP contribution is -2.00. The van der Waals surface area contributed by atoms with Gasteiger partial charge in [-0.3, -0.25) is 4.98 Å². The number of hydrogen-bond acceptors (Lipinski definition) is 2. The van der Waals surface area contributed by atoms with Gasteiger partial charge >= 0.3 is 0 Å². The largest absolute Gasteiger partial charge is 0.381 e. The van der Waals surface area contributed by atoms with Gasteiger partial charge in [0.15, 0.2) is 0 Å². The fourth-order valence-electron chi connectivity index (χ4n) is 3.73. The minimum Gasteiger partial charge on any atom is -0.381 e. The van der Waals surface area contributed by atoms with E-state index in [0.717, 1.165) is 36.4 Å². The van der Waals surface area contributed by atoms with Crippen molar-refractivity contribution in [3.63, 3.8) is 0 Å². The van der Waals surface area contributed by atoms with Crippen molar-refractivity contribution < 1.29 is 4.74 Å². The number of ether oxygens (including phenoxy) is 1. The number of nitrogens with one attached hydrogen (secondary N) is 1. The van der Waals surface area contributed by atoms with Crippen LogP contribution in [-0.2, 0) is 4.74 Å². The summed E-state index contributed by atoms with van der Waals surface area (Å²) in [6.07, 6.45) is 5.13. The summed E-state index contributed by atoms with van der Waals surface area (Å²) >= 11 is 0. The summed E-state index contributed by atoms with van der Waals surface area (Å²) in [6, 6.07) is 17.1. The Kier molecular flexibility index (Phi) is 3.13. The molecule has 1 aliphatic rings. The summed E-state index contributed by atoms with van der Waals surface area (Å²) in [5.41, 5.74) is 4.58. The summed E-state index contributed by atoms with van der Waals surface area (Å²) in [7, 11) is 0. The molecule has 24 heavy (non-hydrogen) atoms. The van der Waals surface area contributed by atoms with Gasteiger partial charge in [-0.05, 0) is 34.9 Å². The van der Waals surface area contributed by atoms with Crippen molar-refractivity contribution >= 4 is 21.7 Å². The molecule has 118 valence electrons. The lowest BCUT2D eigenvalue weighted by atomic mass is 9.95. The van der Waals surface area contributed by atoms with Crippen LogP contribution < -0.4 is 0 Å². The van der Waals surface area contributed by atoms with Gasteiger partial charge in [0.1, 0.15) is 0 Å². The number of hydrogen-bond donors (Lipinski definition) is 1. The zero-order valence-corrected chi connectivity index (χ0v) is 13.3. The molecule has 1 aliphatic heterocycles. The normalized spacial score (nSPS) is 17.8. The van der Waals surface area contributed by atoms with Crippen LogP contribution >= 0.6 is 0 Å². The highest BCUT2D eigenvalue weighted by atomic mass is 16.5. The van der Waals surface area contributed by atoms with Gasteiger partial charge in [-0.2, -0.15) is 0 Å². The monoisotopic (exact) mass is 314 g/mol. The Labute approximate surface area is 140 Å². The Morgan fingerprint density at radius 3 is 2.83 bits per heavy atom. The fraction of sp³-hybridized carbons (Fsp3) is 0.190. The molecule has 0 radical (unpaired) electrons. The second kappa shape index (κ2) is 5.46. The zero-order chi connectivity index (χ0) is 15.9. The van der Waals surface area contributed by atoms with Gasteiger partial charge in [-0.1, -0.05) is 36.4 Å². The standard InChI is InChI=1S/C21H18N2O/c1-2-4-15-11-16(6-5-14(15)3-1)20-21-18(7-9-22-21)19(12-23-20)17-8-10-24-13-17/h1-7,9,11-12,17,22H,8,10,13H2. The number of aromatic amines is 1. The minimum atomic E-state index is 0.460. The van der Waals surface area contributed by atoms with Crippen LogP contribution in [0.5, 0.6) is 0 Å². The number of nitrogens with zero attached hydrogens (tertiary/aromatic N) is 1. The van der Waals surface area contributed by atoms with Gasteiger partial charge in [-0.15, -0.1) is 0 Å². The topological polar surface area (TPSA) is 37.9 Å². The Hall–Kier alpha value is -2.65. The van der Waals surface area contributed by atoms with Crippen molar-refractivity contribution in [1.29, 1.82) is 0 Å². The average molecular weight is 314 g/mol. The van der Waals surface area contributed by atoms with Gasteiger partial charge in [0.05, 0.1) is 17.8 Å². The van der Waals surface area contributed by atoms with Crippen LogP contribution in [0.1, 0.15) is 17.9 Å². The highest BCUT2D eigenvalue weighted by Gasteiger charge is 2.22. The van der Waals surface area contributed by atoms with Crippen LogP contribution in [-0.4, -0.2) is 23.2 Å². The van der Waals surface area contributed by atoms with Crippen molar-refractivity contribution in [3.05, 3.63) is 66.5 Å². The maximum Gasteiger partial charge on any atom is 0.0943 e. The molecule has 2 aromatic carbocycles. The predicted octanol–water partition coefficient (Wildman–Crippen LogP) is 4.89. The van der Waals surface area contributed by atoms with Crippen molar-refractivity contribution in [2.75, 3.05) is 13.2 Å². The van der Waals surface area contributed by atoms with E-state index in [0.29, 0.717) is 5.92 Å². The molecule has 0 amide bonds. The molecule has 4 aromatic rings. The number of benzene rings is 2. The predicted molar refractivity (Wildman–Crippen MR) is 97.2 cm³/mol. The molecule has 1 atom stereocenters. The third-order valence-electron chi connectivity index (χ3n) is 5.02. The maximum atomic E-state index is 5.56. The van der Waals surface area contributed by atoms with E-state index in [1.54, 1.807) is 0 Å². The summed E-state index contributed by atoms with van der Waals surface area (Å²) in [5, 5.41) is 3.76. The summed E-state index contributed by atoms with van der Waals surface area (Å²) in [5.74, 6) is 0.460. The molecule has 2 aromatic heterocycles. The van der Waals surface area contributed by atoms with Crippen LogP contribution in [0.3, 0.4) is 0 Å². The molecular formula is C21H18N2O. The van der Waals surface area contributed by atoms with E-state index < -0.39 is 0 Å². The summed E-state index contributed by atoms with van der Waals surface area (Å²) < 4.78 is 5.56. The fourth-order valence-corrected chi connectivity index (χ4v) is 3.73. The van der Waals surface area contributed by atoms with Gasteiger partial charge in [0.25, 0.3) is 0 Å². The summed E-state index contributed by atoms with van der Waals surface area (Å²) in [4.78, 5) is 8.21. The highest BCUT2D eigenvalue weighted by Crippen LogP contribution is 2.35. The third kappa shape index (κ3) is 2.13. The van der Waals surface area contributed by atoms with Crippen molar-refractivity contribution in [2.24, 2.45) is 0 Å². The van der Waals surface area contributed by atoms with E-state index in [1.165, 1.54) is 21.7 Å². The Bertz CT molecular complexity index is 1030. The van der Waals surface area contributed by atoms with Crippen LogP contribution in [0.15, 0.2) is 60.9 Å². The lowest BCUT2D eigenvalue weighted by Gasteiger charge is -2.12. The zero-order valence-electron chi connectivity index (χ0n) is 13.3. The molecule has 0 bridgehead atoms. The lowest BCUT2D eigenvalue weighted by molar-refractivity contribution is 0.194. The molecule has 3 heteroatoms. The highest BCUT2D eigenvalue weighted by molar-refractivity contribution is 5.96. The molecule has 1 N–H and O–H groups in total. The van der Waals surface area contributed by atoms with Crippen molar-refractivity contribution in [3.8, 4) is 11.3 Å². The molecule has 0 aliphatic carbocycles. The van der Waals surface area contributed by atoms with E-state index in [1.807, 2.05) is 12.4 Å². The van der Waals surface area contributed by atoms with Gasteiger partial charge < -0.3 is 9.72 Å². The van der Waals surface area contributed by atoms with Crippen molar-refractivity contribution in [1.82, 2.24) is 9.97 Å². The molecule has 5 rings (SSSR count). The number of pyridine rings is 1. The number of aromatic nitrogens is 2. The molecule has 0 spiro atoms. The molecule has 0 saturated carbocycles. The van der Waals surface area contributed by atoms with Gasteiger partial charge in [-0.25, -0.2) is 0 Å². The molecular weight excluding hydrogens is 296 g/mol. The first-order valence-corrected chi connectivity index (χ1v) is 8.43. The smallest absolute Gasteiger partial charge is 0.0943 e. The van der Waals surface area contributed by atoms with Crippen molar-refractivity contribution in [2.45, 2.75) is 12.3 Å². The Morgan fingerprint density at radius 1 is 1.04 bits per heavy atom. The maximum absolute atomic E-state index is 5.56. The van der Waals surface area contributed by atoms with Crippen LogP contribution in [0.4, 0.5) is 0 Å². The first-order valence-electron chi connectivity index (χ1n) is 8.43. The van der Waals surface area contributed by atoms with Gasteiger partial charge in [0.2, 0.25) is 0 Å². The first-order chi connectivity index (χ1) is 11.9. The molecule has 3 heterocycles. The number of H-pyrrole nitrogens is 1. The van der Waals surface area contributed by atoms with E-state index >= 15 is 0 Å². The minimum absolute atomic E-state index is 0.460. The van der Waals surface area contributed by atoms with E-state index in [4.69, 9.17) is 9.72 Å². The SMILES string of the molecule is c1ccc2cc(-c3ncc(C4CCOC4)c4cc[nH]c34)ccc2c1. The first kappa shape index (κ1) is 13.8. The summed E-state index contributed by atoms with van der Waals surface area (Å²) in [6.45, 7) is 1.65. The molecule has 1 saturated heterocycles. The van der Waals surface area contributed by atoms with E-state index in [9.17, 15) is 0 Å². The quantitative estimate of drug-likeness (QED) is 0.572.